The van der Waals surface area contributed by atoms with E-state index in [4.69, 9.17) is 0 Å². The average molecular weight is 409 g/mol. The third-order valence-corrected chi connectivity index (χ3v) is 5.91. The quantitative estimate of drug-likeness (QED) is 0.558. The summed E-state index contributed by atoms with van der Waals surface area (Å²) in [4.78, 5) is 17.0. The molecule has 29 heavy (non-hydrogen) atoms. The molecule has 150 valence electrons. The van der Waals surface area contributed by atoms with Gasteiger partial charge in [-0.1, -0.05) is 72.4 Å². The summed E-state index contributed by atoms with van der Waals surface area (Å²) in [5.41, 5.74) is 2.44. The Balaban J connectivity index is 1.24. The minimum Gasteiger partial charge on any atom is -0.339 e. The first kappa shape index (κ1) is 19.6. The number of nitrogens with zero attached hydrogens (tertiary/aromatic N) is 6. The number of carbonyl (C=O) groups is 1. The van der Waals surface area contributed by atoms with Crippen LogP contribution in [-0.4, -0.2) is 67.8 Å². The molecule has 0 saturated carbocycles. The number of tetrazole rings is 1. The zero-order valence-corrected chi connectivity index (χ0v) is 17.0. The van der Waals surface area contributed by atoms with Crippen LogP contribution in [0.4, 0.5) is 0 Å². The van der Waals surface area contributed by atoms with Crippen molar-refractivity contribution in [3.8, 4) is 0 Å². The fourth-order valence-electron chi connectivity index (χ4n) is 3.37. The summed E-state index contributed by atoms with van der Waals surface area (Å²) < 4.78 is 1.74. The SMILES string of the molecule is O=C(CSc1nnnn1Cc1ccccc1)N1CCN(Cc2ccccc2)CC1. The molecular formula is C21H24N6OS. The number of hydrogen-bond donors (Lipinski definition) is 0. The van der Waals surface area contributed by atoms with E-state index in [9.17, 15) is 4.79 Å². The molecule has 1 aliphatic rings. The molecule has 0 atom stereocenters. The Morgan fingerprint density at radius 3 is 2.14 bits per heavy atom. The van der Waals surface area contributed by atoms with Crippen molar-refractivity contribution in [2.75, 3.05) is 31.9 Å². The van der Waals surface area contributed by atoms with E-state index in [-0.39, 0.29) is 5.91 Å². The minimum absolute atomic E-state index is 0.142. The molecule has 1 amide bonds. The van der Waals surface area contributed by atoms with Gasteiger partial charge >= 0.3 is 0 Å². The summed E-state index contributed by atoms with van der Waals surface area (Å²) in [6.07, 6.45) is 0. The first-order valence-electron chi connectivity index (χ1n) is 9.75. The summed E-state index contributed by atoms with van der Waals surface area (Å²) in [5.74, 6) is 0.497. The normalized spacial score (nSPS) is 14.8. The lowest BCUT2D eigenvalue weighted by Crippen LogP contribution is -2.48. The second-order valence-electron chi connectivity index (χ2n) is 7.04. The maximum Gasteiger partial charge on any atom is 0.233 e. The van der Waals surface area contributed by atoms with Crippen LogP contribution in [0.15, 0.2) is 65.8 Å². The second-order valence-corrected chi connectivity index (χ2v) is 7.98. The third kappa shape index (κ3) is 5.42. The smallest absolute Gasteiger partial charge is 0.233 e. The molecule has 0 N–H and O–H groups in total. The van der Waals surface area contributed by atoms with Crippen LogP contribution in [0, 0.1) is 0 Å². The number of hydrogen-bond acceptors (Lipinski definition) is 6. The Kier molecular flexibility index (Phi) is 6.53. The van der Waals surface area contributed by atoms with Gasteiger partial charge in [0.15, 0.2) is 0 Å². The predicted molar refractivity (Wildman–Crippen MR) is 112 cm³/mol. The van der Waals surface area contributed by atoms with Gasteiger partial charge in [-0.05, 0) is 21.6 Å². The van der Waals surface area contributed by atoms with E-state index in [1.165, 1.54) is 17.3 Å². The predicted octanol–water partition coefficient (Wildman–Crippen LogP) is 2.16. The molecule has 1 aliphatic heterocycles. The first-order valence-corrected chi connectivity index (χ1v) is 10.7. The van der Waals surface area contributed by atoms with Crippen molar-refractivity contribution in [1.82, 2.24) is 30.0 Å². The number of amides is 1. The Bertz CT molecular complexity index is 909. The van der Waals surface area contributed by atoms with Gasteiger partial charge in [0.1, 0.15) is 0 Å². The van der Waals surface area contributed by atoms with Crippen LogP contribution in [0.1, 0.15) is 11.1 Å². The van der Waals surface area contributed by atoms with Crippen LogP contribution in [0.3, 0.4) is 0 Å². The number of benzene rings is 2. The highest BCUT2D eigenvalue weighted by atomic mass is 32.2. The van der Waals surface area contributed by atoms with E-state index in [0.29, 0.717) is 17.5 Å². The van der Waals surface area contributed by atoms with Crippen LogP contribution in [0.5, 0.6) is 0 Å². The van der Waals surface area contributed by atoms with Crippen molar-refractivity contribution < 1.29 is 4.79 Å². The standard InChI is InChI=1S/C21H24N6OS/c28-20(26-13-11-25(12-14-26)15-18-7-3-1-4-8-18)17-29-21-22-23-24-27(21)16-19-9-5-2-6-10-19/h1-10H,11-17H2. The molecule has 0 bridgehead atoms. The molecule has 1 saturated heterocycles. The minimum atomic E-state index is 0.142. The van der Waals surface area contributed by atoms with Gasteiger partial charge in [0.05, 0.1) is 12.3 Å². The molecule has 0 aliphatic carbocycles. The van der Waals surface area contributed by atoms with E-state index >= 15 is 0 Å². The molecule has 8 heteroatoms. The number of carbonyl (C=O) groups excluding carboxylic acids is 1. The zero-order valence-electron chi connectivity index (χ0n) is 16.2. The molecule has 0 spiro atoms. The molecule has 7 nitrogen and oxygen atoms in total. The van der Waals surface area contributed by atoms with Crippen molar-refractivity contribution in [3.05, 3.63) is 71.8 Å². The van der Waals surface area contributed by atoms with E-state index < -0.39 is 0 Å². The summed E-state index contributed by atoms with van der Waals surface area (Å²) >= 11 is 1.40. The van der Waals surface area contributed by atoms with Crippen molar-refractivity contribution in [3.63, 3.8) is 0 Å². The number of thioether (sulfide) groups is 1. The van der Waals surface area contributed by atoms with Crippen molar-refractivity contribution in [2.45, 2.75) is 18.2 Å². The molecule has 2 heterocycles. The van der Waals surface area contributed by atoms with Gasteiger partial charge in [0.2, 0.25) is 11.1 Å². The summed E-state index contributed by atoms with van der Waals surface area (Å²) in [7, 11) is 0. The summed E-state index contributed by atoms with van der Waals surface area (Å²) in [6.45, 7) is 4.87. The Labute approximate surface area is 174 Å². The molecule has 1 fully saturated rings. The second kappa shape index (κ2) is 9.67. The van der Waals surface area contributed by atoms with Crippen molar-refractivity contribution >= 4 is 17.7 Å². The number of rotatable bonds is 7. The molecule has 0 radical (unpaired) electrons. The number of aromatic nitrogens is 4. The monoisotopic (exact) mass is 408 g/mol. The van der Waals surface area contributed by atoms with Crippen LogP contribution in [0.25, 0.3) is 0 Å². The lowest BCUT2D eigenvalue weighted by atomic mass is 10.2. The fraction of sp³-hybridized carbons (Fsp3) is 0.333. The summed E-state index contributed by atoms with van der Waals surface area (Å²) in [5, 5.41) is 12.6. The van der Waals surface area contributed by atoms with Crippen LogP contribution >= 0.6 is 11.8 Å². The Morgan fingerprint density at radius 1 is 0.862 bits per heavy atom. The molecule has 3 aromatic rings. The molecule has 0 unspecified atom stereocenters. The van der Waals surface area contributed by atoms with Gasteiger partial charge < -0.3 is 4.90 Å². The van der Waals surface area contributed by atoms with Gasteiger partial charge in [-0.2, -0.15) is 0 Å². The van der Waals surface area contributed by atoms with Crippen molar-refractivity contribution in [2.24, 2.45) is 0 Å². The van der Waals surface area contributed by atoms with E-state index in [1.54, 1.807) is 4.68 Å². The topological polar surface area (TPSA) is 67.2 Å². The van der Waals surface area contributed by atoms with E-state index in [1.807, 2.05) is 41.3 Å². The highest BCUT2D eigenvalue weighted by molar-refractivity contribution is 7.99. The van der Waals surface area contributed by atoms with Crippen LogP contribution in [0.2, 0.25) is 0 Å². The van der Waals surface area contributed by atoms with Gasteiger partial charge in [0, 0.05) is 32.7 Å². The van der Waals surface area contributed by atoms with Gasteiger partial charge in [0.25, 0.3) is 0 Å². The average Bonchev–Trinajstić information content (AvgIpc) is 3.21. The van der Waals surface area contributed by atoms with E-state index in [0.717, 1.165) is 38.3 Å². The third-order valence-electron chi connectivity index (χ3n) is 4.97. The fourth-order valence-corrected chi connectivity index (χ4v) is 4.15. The maximum absolute atomic E-state index is 12.6. The highest BCUT2D eigenvalue weighted by Gasteiger charge is 2.22. The zero-order chi connectivity index (χ0) is 19.9. The molecular weight excluding hydrogens is 384 g/mol. The van der Waals surface area contributed by atoms with Gasteiger partial charge in [-0.3, -0.25) is 9.69 Å². The molecule has 1 aromatic heterocycles. The van der Waals surface area contributed by atoms with E-state index in [2.05, 4.69) is 44.7 Å². The highest BCUT2D eigenvalue weighted by Crippen LogP contribution is 2.17. The lowest BCUT2D eigenvalue weighted by Gasteiger charge is -2.34. The van der Waals surface area contributed by atoms with Crippen LogP contribution < -0.4 is 0 Å². The molecule has 2 aromatic carbocycles. The number of piperazine rings is 1. The Morgan fingerprint density at radius 2 is 1.48 bits per heavy atom. The largest absolute Gasteiger partial charge is 0.339 e. The first-order chi connectivity index (χ1) is 14.3. The summed E-state index contributed by atoms with van der Waals surface area (Å²) in [6, 6.07) is 20.5. The molecule has 4 rings (SSSR count). The van der Waals surface area contributed by atoms with Crippen LogP contribution in [-0.2, 0) is 17.9 Å². The van der Waals surface area contributed by atoms with Crippen molar-refractivity contribution in [1.29, 1.82) is 0 Å². The van der Waals surface area contributed by atoms with Gasteiger partial charge in [-0.25, -0.2) is 4.68 Å². The lowest BCUT2D eigenvalue weighted by molar-refractivity contribution is -0.130. The Hall–Kier alpha value is -2.71. The van der Waals surface area contributed by atoms with Gasteiger partial charge in [-0.15, -0.1) is 5.10 Å². The maximum atomic E-state index is 12.6.